The predicted octanol–water partition coefficient (Wildman–Crippen LogP) is 4.37. The molecule has 0 atom stereocenters. The van der Waals surface area contributed by atoms with E-state index in [1.807, 2.05) is 32.9 Å². The number of phenolic OH excluding ortho intramolecular Hbond substituents is 1. The number of halogens is 2. The zero-order valence-electron chi connectivity index (χ0n) is 15.4. The normalized spacial score (nSPS) is 10.9. The third-order valence-electron chi connectivity index (χ3n) is 4.34. The fraction of sp³-hybridized carbons (Fsp3) is 0.350. The highest BCUT2D eigenvalue weighted by molar-refractivity contribution is 6.32. The van der Waals surface area contributed by atoms with E-state index in [-0.39, 0.29) is 34.8 Å². The highest BCUT2D eigenvalue weighted by Crippen LogP contribution is 2.33. The summed E-state index contributed by atoms with van der Waals surface area (Å²) in [6, 6.07) is 7.05. The number of anilines is 1. The second kappa shape index (κ2) is 8.41. The smallest absolute Gasteiger partial charge is 0.239 e. The van der Waals surface area contributed by atoms with Crippen LogP contribution in [0.3, 0.4) is 0 Å². The van der Waals surface area contributed by atoms with E-state index >= 15 is 0 Å². The Balaban J connectivity index is 2.32. The van der Waals surface area contributed by atoms with Crippen LogP contribution in [0.25, 0.3) is 0 Å². The van der Waals surface area contributed by atoms with Crippen molar-refractivity contribution in [2.45, 2.75) is 33.1 Å². The summed E-state index contributed by atoms with van der Waals surface area (Å²) < 4.78 is 14.6. The van der Waals surface area contributed by atoms with Gasteiger partial charge in [0.15, 0.2) is 5.82 Å². The number of aromatic hydroxyl groups is 1. The standard InChI is InChI=1S/C20H24ClFN2O2/c1-11(2)14-8-13(5-6-17(14)25)9-15-12(3)7-16(20(22)19(15)21)24-10-18(26)23-4/h5-8,11,24-25H,9-10H2,1-4H3,(H,23,26). The molecule has 0 saturated heterocycles. The SMILES string of the molecule is CNC(=O)CNc1cc(C)c(Cc2ccc(O)c(C(C)C)c2)c(Cl)c1F. The van der Waals surface area contributed by atoms with E-state index in [2.05, 4.69) is 10.6 Å². The van der Waals surface area contributed by atoms with Gasteiger partial charge in [-0.3, -0.25) is 4.79 Å². The molecule has 1 amide bonds. The number of hydrogen-bond donors (Lipinski definition) is 3. The van der Waals surface area contributed by atoms with Gasteiger partial charge >= 0.3 is 0 Å². The van der Waals surface area contributed by atoms with Gasteiger partial charge in [0.2, 0.25) is 5.91 Å². The van der Waals surface area contributed by atoms with Gasteiger partial charge in [-0.15, -0.1) is 0 Å². The molecule has 0 aliphatic carbocycles. The van der Waals surface area contributed by atoms with Crippen LogP contribution in [0.1, 0.15) is 42.0 Å². The topological polar surface area (TPSA) is 61.4 Å². The molecule has 0 saturated carbocycles. The molecule has 2 rings (SSSR count). The summed E-state index contributed by atoms with van der Waals surface area (Å²) in [7, 11) is 1.52. The Morgan fingerprint density at radius 2 is 2.00 bits per heavy atom. The van der Waals surface area contributed by atoms with Crippen molar-refractivity contribution >= 4 is 23.2 Å². The maximum absolute atomic E-state index is 14.6. The maximum atomic E-state index is 14.6. The van der Waals surface area contributed by atoms with E-state index in [0.717, 1.165) is 16.7 Å². The average molecular weight is 379 g/mol. The minimum Gasteiger partial charge on any atom is -0.508 e. The van der Waals surface area contributed by atoms with Crippen LogP contribution in [0.4, 0.5) is 10.1 Å². The molecule has 4 nitrogen and oxygen atoms in total. The van der Waals surface area contributed by atoms with E-state index in [1.165, 1.54) is 7.05 Å². The van der Waals surface area contributed by atoms with Crippen LogP contribution in [0.15, 0.2) is 24.3 Å². The molecule has 2 aromatic rings. The van der Waals surface area contributed by atoms with Gasteiger partial charge in [-0.05, 0) is 53.6 Å². The van der Waals surface area contributed by atoms with Crippen molar-refractivity contribution in [3.8, 4) is 5.75 Å². The molecule has 6 heteroatoms. The van der Waals surface area contributed by atoms with Gasteiger partial charge in [0.05, 0.1) is 17.3 Å². The van der Waals surface area contributed by atoms with Crippen LogP contribution < -0.4 is 10.6 Å². The second-order valence-corrected chi connectivity index (χ2v) is 6.98. The number of nitrogens with one attached hydrogen (secondary N) is 2. The summed E-state index contributed by atoms with van der Waals surface area (Å²) in [6.45, 7) is 5.83. The Bertz CT molecular complexity index is 822. The highest BCUT2D eigenvalue weighted by atomic mass is 35.5. The molecule has 140 valence electrons. The summed E-state index contributed by atoms with van der Waals surface area (Å²) in [5, 5.41) is 15.2. The lowest BCUT2D eigenvalue weighted by atomic mass is 9.94. The largest absolute Gasteiger partial charge is 0.508 e. The van der Waals surface area contributed by atoms with Crippen LogP contribution in [0.5, 0.6) is 5.75 Å². The van der Waals surface area contributed by atoms with E-state index in [1.54, 1.807) is 12.1 Å². The van der Waals surface area contributed by atoms with E-state index in [4.69, 9.17) is 11.6 Å². The Morgan fingerprint density at radius 3 is 2.62 bits per heavy atom. The van der Waals surface area contributed by atoms with Crippen molar-refractivity contribution in [3.63, 3.8) is 0 Å². The number of hydrogen-bond acceptors (Lipinski definition) is 3. The molecule has 0 aliphatic rings. The molecule has 0 heterocycles. The van der Waals surface area contributed by atoms with Crippen LogP contribution in [0.2, 0.25) is 5.02 Å². The number of likely N-dealkylation sites (N-methyl/N-ethyl adjacent to an activating group) is 1. The van der Waals surface area contributed by atoms with Gasteiger partial charge in [0.1, 0.15) is 5.75 Å². The zero-order chi connectivity index (χ0) is 19.4. The Morgan fingerprint density at radius 1 is 1.31 bits per heavy atom. The van der Waals surface area contributed by atoms with Gasteiger partial charge in [0, 0.05) is 7.05 Å². The van der Waals surface area contributed by atoms with Crippen LogP contribution in [-0.4, -0.2) is 24.6 Å². The fourth-order valence-corrected chi connectivity index (χ4v) is 3.10. The van der Waals surface area contributed by atoms with Crippen molar-refractivity contribution in [2.75, 3.05) is 18.9 Å². The fourth-order valence-electron chi connectivity index (χ4n) is 2.78. The molecular formula is C20H24ClFN2O2. The van der Waals surface area contributed by atoms with Gasteiger partial charge in [-0.1, -0.05) is 37.6 Å². The summed E-state index contributed by atoms with van der Waals surface area (Å²) in [4.78, 5) is 11.3. The number of carbonyl (C=O) groups is 1. The Hall–Kier alpha value is -2.27. The molecule has 0 aliphatic heterocycles. The molecule has 0 fully saturated rings. The Kier molecular flexibility index (Phi) is 6.48. The first kappa shape index (κ1) is 20.0. The maximum Gasteiger partial charge on any atom is 0.239 e. The monoisotopic (exact) mass is 378 g/mol. The van der Waals surface area contributed by atoms with E-state index < -0.39 is 5.82 Å². The van der Waals surface area contributed by atoms with Crippen LogP contribution in [-0.2, 0) is 11.2 Å². The van der Waals surface area contributed by atoms with Crippen molar-refractivity contribution < 1.29 is 14.3 Å². The predicted molar refractivity (Wildman–Crippen MR) is 104 cm³/mol. The first-order valence-corrected chi connectivity index (χ1v) is 8.86. The van der Waals surface area contributed by atoms with Crippen molar-refractivity contribution in [3.05, 3.63) is 57.4 Å². The lowest BCUT2D eigenvalue weighted by Crippen LogP contribution is -2.26. The number of phenols is 1. The zero-order valence-corrected chi connectivity index (χ0v) is 16.2. The van der Waals surface area contributed by atoms with Gasteiger partial charge in [0.25, 0.3) is 0 Å². The molecule has 2 aromatic carbocycles. The number of aryl methyl sites for hydroxylation is 1. The summed E-state index contributed by atoms with van der Waals surface area (Å²) in [6.07, 6.45) is 0.456. The van der Waals surface area contributed by atoms with Crippen molar-refractivity contribution in [1.82, 2.24) is 5.32 Å². The molecule has 3 N–H and O–H groups in total. The summed E-state index contributed by atoms with van der Waals surface area (Å²) in [5.41, 5.74) is 3.51. The van der Waals surface area contributed by atoms with Crippen molar-refractivity contribution in [2.24, 2.45) is 0 Å². The van der Waals surface area contributed by atoms with Gasteiger partial charge < -0.3 is 15.7 Å². The molecular weight excluding hydrogens is 355 g/mol. The molecule has 0 spiro atoms. The molecule has 0 unspecified atom stereocenters. The quantitative estimate of drug-likeness (QED) is 0.699. The minimum atomic E-state index is -0.570. The van der Waals surface area contributed by atoms with Gasteiger partial charge in [-0.2, -0.15) is 0 Å². The van der Waals surface area contributed by atoms with E-state index in [0.29, 0.717) is 12.0 Å². The van der Waals surface area contributed by atoms with Crippen LogP contribution in [0, 0.1) is 12.7 Å². The molecule has 0 radical (unpaired) electrons. The third kappa shape index (κ3) is 4.47. The first-order valence-electron chi connectivity index (χ1n) is 8.48. The van der Waals surface area contributed by atoms with Gasteiger partial charge in [-0.25, -0.2) is 4.39 Å². The number of carbonyl (C=O) groups excluding carboxylic acids is 1. The lowest BCUT2D eigenvalue weighted by molar-refractivity contribution is -0.118. The molecule has 0 aromatic heterocycles. The average Bonchev–Trinajstić information content (AvgIpc) is 2.61. The second-order valence-electron chi connectivity index (χ2n) is 6.60. The molecule has 26 heavy (non-hydrogen) atoms. The molecule has 0 bridgehead atoms. The summed E-state index contributed by atoms with van der Waals surface area (Å²) >= 11 is 6.27. The summed E-state index contributed by atoms with van der Waals surface area (Å²) in [5.74, 6) is -0.377. The number of amides is 1. The lowest BCUT2D eigenvalue weighted by Gasteiger charge is -2.16. The van der Waals surface area contributed by atoms with Crippen molar-refractivity contribution in [1.29, 1.82) is 0 Å². The van der Waals surface area contributed by atoms with Crippen LogP contribution >= 0.6 is 11.6 Å². The van der Waals surface area contributed by atoms with E-state index in [9.17, 15) is 14.3 Å². The minimum absolute atomic E-state index is 0.0295. The first-order chi connectivity index (χ1) is 12.2. The highest BCUT2D eigenvalue weighted by Gasteiger charge is 2.17. The third-order valence-corrected chi connectivity index (χ3v) is 4.74. The number of rotatable bonds is 6. The Labute approximate surface area is 158 Å². The number of benzene rings is 2.